The Bertz CT molecular complexity index is 1190. The van der Waals surface area contributed by atoms with Gasteiger partial charge in [0.1, 0.15) is 16.4 Å². The summed E-state index contributed by atoms with van der Waals surface area (Å²) >= 11 is 1.70. The fraction of sp³-hybridized carbons (Fsp3) is 0.480. The van der Waals surface area contributed by atoms with Crippen molar-refractivity contribution in [1.82, 2.24) is 14.9 Å². The lowest BCUT2D eigenvalue weighted by Crippen LogP contribution is -2.39. The Labute approximate surface area is 191 Å². The topological polar surface area (TPSA) is 75.3 Å². The van der Waals surface area contributed by atoms with Crippen molar-refractivity contribution in [3.8, 4) is 5.75 Å². The Morgan fingerprint density at radius 2 is 2.00 bits per heavy atom. The van der Waals surface area contributed by atoms with E-state index in [1.807, 2.05) is 36.1 Å². The Hall–Kier alpha value is -2.67. The van der Waals surface area contributed by atoms with E-state index in [9.17, 15) is 9.59 Å². The molecule has 32 heavy (non-hydrogen) atoms. The lowest BCUT2D eigenvalue weighted by Gasteiger charge is -2.31. The predicted molar refractivity (Wildman–Crippen MR) is 127 cm³/mol. The first-order valence-electron chi connectivity index (χ1n) is 11.7. The van der Waals surface area contributed by atoms with Gasteiger partial charge in [-0.3, -0.25) is 9.59 Å². The van der Waals surface area contributed by atoms with Crippen LogP contribution in [-0.2, 0) is 24.1 Å². The molecule has 0 radical (unpaired) electrons. The molecule has 1 aromatic carbocycles. The number of likely N-dealkylation sites (tertiary alicyclic amines) is 1. The van der Waals surface area contributed by atoms with E-state index >= 15 is 0 Å². The molecule has 0 atom stereocenters. The van der Waals surface area contributed by atoms with Crippen LogP contribution in [0.5, 0.6) is 5.75 Å². The van der Waals surface area contributed by atoms with Crippen LogP contribution in [0.1, 0.15) is 60.4 Å². The second-order valence-electron chi connectivity index (χ2n) is 8.71. The highest BCUT2D eigenvalue weighted by Gasteiger charge is 2.27. The number of hydrogen-bond donors (Lipinski definition) is 1. The smallest absolute Gasteiger partial charge is 0.259 e. The van der Waals surface area contributed by atoms with Crippen LogP contribution in [0.3, 0.4) is 0 Å². The van der Waals surface area contributed by atoms with E-state index in [4.69, 9.17) is 9.72 Å². The molecule has 3 heterocycles. The number of nitrogens with zero attached hydrogens (tertiary/aromatic N) is 2. The highest BCUT2D eigenvalue weighted by atomic mass is 32.1. The van der Waals surface area contributed by atoms with Crippen LogP contribution >= 0.6 is 11.3 Å². The van der Waals surface area contributed by atoms with Gasteiger partial charge in [0.25, 0.3) is 5.56 Å². The molecular weight excluding hydrogens is 422 g/mol. The van der Waals surface area contributed by atoms with E-state index < -0.39 is 0 Å². The Morgan fingerprint density at radius 1 is 1.22 bits per heavy atom. The average molecular weight is 452 g/mol. The van der Waals surface area contributed by atoms with Crippen molar-refractivity contribution in [3.05, 3.63) is 56.4 Å². The number of benzene rings is 1. The monoisotopic (exact) mass is 451 g/mol. The van der Waals surface area contributed by atoms with E-state index in [1.54, 1.807) is 11.3 Å². The van der Waals surface area contributed by atoms with Crippen molar-refractivity contribution in [2.45, 2.75) is 57.8 Å². The summed E-state index contributed by atoms with van der Waals surface area (Å²) in [6, 6.07) is 7.75. The van der Waals surface area contributed by atoms with E-state index in [0.29, 0.717) is 26.1 Å². The van der Waals surface area contributed by atoms with Crippen LogP contribution in [0.15, 0.2) is 29.1 Å². The second-order valence-corrected chi connectivity index (χ2v) is 9.80. The number of ether oxygens (including phenoxy) is 1. The SMILES string of the molecule is CCOc1ccccc1CC(=O)N1CCC(c2nc3sc4c(c3c(=O)[nH]2)CCCC4)CC1. The van der Waals surface area contributed by atoms with Crippen molar-refractivity contribution in [3.63, 3.8) is 0 Å². The third-order valence-corrected chi connectivity index (χ3v) is 7.88. The van der Waals surface area contributed by atoms with Crippen LogP contribution in [-0.4, -0.2) is 40.5 Å². The quantitative estimate of drug-likeness (QED) is 0.631. The summed E-state index contributed by atoms with van der Waals surface area (Å²) < 4.78 is 5.66. The normalized spacial score (nSPS) is 16.8. The van der Waals surface area contributed by atoms with Gasteiger partial charge in [-0.1, -0.05) is 18.2 Å². The molecule has 1 fully saturated rings. The molecule has 2 aliphatic rings. The summed E-state index contributed by atoms with van der Waals surface area (Å²) in [6.45, 7) is 3.90. The number of aryl methyl sites for hydroxylation is 2. The van der Waals surface area contributed by atoms with Gasteiger partial charge in [0.15, 0.2) is 0 Å². The molecule has 0 saturated carbocycles. The van der Waals surface area contributed by atoms with E-state index in [1.165, 1.54) is 16.9 Å². The molecule has 2 aromatic heterocycles. The van der Waals surface area contributed by atoms with Crippen LogP contribution < -0.4 is 10.3 Å². The Balaban J connectivity index is 1.27. The first kappa shape index (κ1) is 21.2. The summed E-state index contributed by atoms with van der Waals surface area (Å²) in [5.41, 5.74) is 2.17. The zero-order valence-electron chi connectivity index (χ0n) is 18.5. The van der Waals surface area contributed by atoms with Crippen molar-refractivity contribution < 1.29 is 9.53 Å². The van der Waals surface area contributed by atoms with Gasteiger partial charge in [0.05, 0.1) is 18.4 Å². The Morgan fingerprint density at radius 3 is 2.81 bits per heavy atom. The molecule has 1 saturated heterocycles. The number of aromatic amines is 1. The molecule has 0 unspecified atom stereocenters. The third kappa shape index (κ3) is 4.06. The number of amides is 1. The van der Waals surface area contributed by atoms with Gasteiger partial charge in [0.2, 0.25) is 5.91 Å². The van der Waals surface area contributed by atoms with E-state index in [0.717, 1.165) is 59.5 Å². The number of hydrogen-bond acceptors (Lipinski definition) is 5. The molecule has 7 heteroatoms. The van der Waals surface area contributed by atoms with Gasteiger partial charge >= 0.3 is 0 Å². The molecule has 0 bridgehead atoms. The third-order valence-electron chi connectivity index (χ3n) is 6.69. The lowest BCUT2D eigenvalue weighted by molar-refractivity contribution is -0.131. The molecule has 1 N–H and O–H groups in total. The maximum Gasteiger partial charge on any atom is 0.259 e. The summed E-state index contributed by atoms with van der Waals surface area (Å²) in [7, 11) is 0. The molecular formula is C25H29N3O3S. The minimum atomic E-state index is 0.00966. The molecule has 168 valence electrons. The number of nitrogens with one attached hydrogen (secondary N) is 1. The number of fused-ring (bicyclic) bond motifs is 3. The number of carbonyl (C=O) groups is 1. The molecule has 0 spiro atoms. The van der Waals surface area contributed by atoms with Crippen molar-refractivity contribution in [2.75, 3.05) is 19.7 Å². The van der Waals surface area contributed by atoms with E-state index in [2.05, 4.69) is 4.98 Å². The molecule has 1 aliphatic heterocycles. The number of thiophene rings is 1. The van der Waals surface area contributed by atoms with Crippen LogP contribution in [0.4, 0.5) is 0 Å². The number of carbonyl (C=O) groups excluding carboxylic acids is 1. The van der Waals surface area contributed by atoms with Gasteiger partial charge in [-0.25, -0.2) is 4.98 Å². The van der Waals surface area contributed by atoms with Crippen molar-refractivity contribution in [1.29, 1.82) is 0 Å². The number of piperidine rings is 1. The van der Waals surface area contributed by atoms with Gasteiger partial charge in [-0.15, -0.1) is 11.3 Å². The minimum absolute atomic E-state index is 0.00966. The first-order chi connectivity index (χ1) is 15.6. The summed E-state index contributed by atoms with van der Waals surface area (Å²) in [5, 5.41) is 0.814. The van der Waals surface area contributed by atoms with Crippen molar-refractivity contribution >= 4 is 27.5 Å². The minimum Gasteiger partial charge on any atom is -0.494 e. The van der Waals surface area contributed by atoms with E-state index in [-0.39, 0.29) is 17.4 Å². The number of para-hydroxylation sites is 1. The molecule has 1 amide bonds. The zero-order chi connectivity index (χ0) is 22.1. The highest BCUT2D eigenvalue weighted by Crippen LogP contribution is 2.35. The largest absolute Gasteiger partial charge is 0.494 e. The first-order valence-corrected chi connectivity index (χ1v) is 12.5. The average Bonchev–Trinajstić information content (AvgIpc) is 3.19. The van der Waals surface area contributed by atoms with Gasteiger partial charge in [-0.2, -0.15) is 0 Å². The fourth-order valence-corrected chi connectivity index (χ4v) is 6.27. The maximum absolute atomic E-state index is 12.9. The number of aromatic nitrogens is 2. The number of H-pyrrole nitrogens is 1. The van der Waals surface area contributed by atoms with Crippen molar-refractivity contribution in [2.24, 2.45) is 0 Å². The number of rotatable bonds is 5. The Kier molecular flexibility index (Phi) is 6.00. The van der Waals surface area contributed by atoms with Gasteiger partial charge in [0, 0.05) is 29.4 Å². The fourth-order valence-electron chi connectivity index (χ4n) is 5.00. The summed E-state index contributed by atoms with van der Waals surface area (Å²) in [4.78, 5) is 37.9. The lowest BCUT2D eigenvalue weighted by atomic mass is 9.95. The second kappa shape index (κ2) is 9.06. The van der Waals surface area contributed by atoms with Gasteiger partial charge in [-0.05, 0) is 57.1 Å². The van der Waals surface area contributed by atoms with Crippen LogP contribution in [0.25, 0.3) is 10.2 Å². The van der Waals surface area contributed by atoms with Gasteiger partial charge < -0.3 is 14.6 Å². The molecule has 5 rings (SSSR count). The molecule has 6 nitrogen and oxygen atoms in total. The summed E-state index contributed by atoms with van der Waals surface area (Å²) in [6.07, 6.45) is 6.40. The zero-order valence-corrected chi connectivity index (χ0v) is 19.3. The predicted octanol–water partition coefficient (Wildman–Crippen LogP) is 4.21. The summed E-state index contributed by atoms with van der Waals surface area (Å²) in [5.74, 6) is 1.88. The molecule has 3 aromatic rings. The maximum atomic E-state index is 12.9. The standard InChI is InChI=1S/C25H29N3O3S/c1-2-31-19-9-5-3-7-17(19)15-21(29)28-13-11-16(12-14-28)23-26-24(30)22-18-8-4-6-10-20(18)32-25(22)27-23/h3,5,7,9,16H,2,4,6,8,10-15H2,1H3,(H,26,27,30). The molecule has 1 aliphatic carbocycles. The van der Waals surface area contributed by atoms with Crippen LogP contribution in [0.2, 0.25) is 0 Å². The highest BCUT2D eigenvalue weighted by molar-refractivity contribution is 7.18. The van der Waals surface area contributed by atoms with Crippen LogP contribution in [0, 0.1) is 0 Å².